The van der Waals surface area contributed by atoms with E-state index in [4.69, 9.17) is 0 Å². The van der Waals surface area contributed by atoms with Crippen molar-refractivity contribution in [2.24, 2.45) is 0 Å². The molecule has 1 aliphatic heterocycles. The molecule has 0 saturated heterocycles. The number of nitrogens with zero attached hydrogens (tertiary/aromatic N) is 1. The van der Waals surface area contributed by atoms with E-state index in [1.807, 2.05) is 50.2 Å². The fourth-order valence-corrected chi connectivity index (χ4v) is 3.46. The molecule has 0 saturated carbocycles. The topological polar surface area (TPSA) is 49.4 Å². The van der Waals surface area contributed by atoms with Gasteiger partial charge in [-0.2, -0.15) is 0 Å². The molecule has 31 heavy (non-hydrogen) atoms. The van der Waals surface area contributed by atoms with E-state index < -0.39 is 23.4 Å². The summed E-state index contributed by atoms with van der Waals surface area (Å²) in [5.74, 6) is -3.42. The summed E-state index contributed by atoms with van der Waals surface area (Å²) in [5, 5.41) is 3.06. The van der Waals surface area contributed by atoms with Gasteiger partial charge in [-0.15, -0.1) is 0 Å². The molecule has 3 aromatic rings. The van der Waals surface area contributed by atoms with Crippen LogP contribution in [0.15, 0.2) is 72.4 Å². The zero-order valence-electron chi connectivity index (χ0n) is 17.1. The molecule has 1 N–H and O–H groups in total. The minimum atomic E-state index is -1.13. The second-order valence-electron chi connectivity index (χ2n) is 7.34. The van der Waals surface area contributed by atoms with Crippen LogP contribution in [0.25, 0.3) is 5.57 Å². The van der Waals surface area contributed by atoms with E-state index in [0.717, 1.165) is 34.6 Å². The van der Waals surface area contributed by atoms with Crippen LogP contribution >= 0.6 is 0 Å². The van der Waals surface area contributed by atoms with Gasteiger partial charge < -0.3 is 5.32 Å². The molecule has 1 heterocycles. The summed E-state index contributed by atoms with van der Waals surface area (Å²) in [5.41, 5.74) is 3.57. The summed E-state index contributed by atoms with van der Waals surface area (Å²) in [4.78, 5) is 27.4. The minimum absolute atomic E-state index is 0.0309. The first-order chi connectivity index (χ1) is 14.9. The lowest BCUT2D eigenvalue weighted by Crippen LogP contribution is -2.32. The van der Waals surface area contributed by atoms with Crippen LogP contribution in [0.1, 0.15) is 23.6 Å². The molecule has 0 unspecified atom stereocenters. The molecule has 0 aliphatic carbocycles. The quantitative estimate of drug-likeness (QED) is 0.577. The first-order valence-electron chi connectivity index (χ1n) is 9.90. The summed E-state index contributed by atoms with van der Waals surface area (Å²) in [6.45, 7) is 3.96. The Kier molecular flexibility index (Phi) is 5.38. The van der Waals surface area contributed by atoms with Crippen molar-refractivity contribution in [3.63, 3.8) is 0 Å². The molecule has 4 nitrogen and oxygen atoms in total. The first-order valence-corrected chi connectivity index (χ1v) is 9.90. The van der Waals surface area contributed by atoms with Crippen LogP contribution in [0.5, 0.6) is 0 Å². The van der Waals surface area contributed by atoms with Crippen molar-refractivity contribution >= 4 is 28.8 Å². The highest BCUT2D eigenvalue weighted by molar-refractivity contribution is 6.46. The van der Waals surface area contributed by atoms with Gasteiger partial charge in [-0.25, -0.2) is 13.7 Å². The highest BCUT2D eigenvalue weighted by Gasteiger charge is 2.40. The zero-order valence-corrected chi connectivity index (χ0v) is 17.1. The van der Waals surface area contributed by atoms with Gasteiger partial charge in [0.1, 0.15) is 5.70 Å². The van der Waals surface area contributed by atoms with Crippen LogP contribution in [0, 0.1) is 18.6 Å². The van der Waals surface area contributed by atoms with E-state index in [0.29, 0.717) is 11.3 Å². The predicted octanol–water partition coefficient (Wildman–Crippen LogP) is 5.23. The Bertz CT molecular complexity index is 1200. The largest absolute Gasteiger partial charge is 0.350 e. The van der Waals surface area contributed by atoms with Crippen molar-refractivity contribution in [2.75, 3.05) is 10.2 Å². The lowest BCUT2D eigenvalue weighted by molar-refractivity contribution is -0.120. The third kappa shape index (κ3) is 3.84. The van der Waals surface area contributed by atoms with Crippen molar-refractivity contribution in [1.82, 2.24) is 0 Å². The fourth-order valence-electron chi connectivity index (χ4n) is 3.46. The van der Waals surface area contributed by atoms with Crippen molar-refractivity contribution in [3.8, 4) is 0 Å². The maximum absolute atomic E-state index is 13.8. The van der Waals surface area contributed by atoms with Crippen LogP contribution in [0.4, 0.5) is 20.2 Å². The summed E-state index contributed by atoms with van der Waals surface area (Å²) in [7, 11) is 0. The smallest absolute Gasteiger partial charge is 0.282 e. The van der Waals surface area contributed by atoms with Gasteiger partial charge in [-0.3, -0.25) is 9.59 Å². The number of carbonyl (C=O) groups is 2. The number of nitrogens with one attached hydrogen (secondary N) is 1. The van der Waals surface area contributed by atoms with Gasteiger partial charge in [0, 0.05) is 11.8 Å². The molecular weight excluding hydrogens is 398 g/mol. The molecular formula is C25H20F2N2O2. The standard InChI is InChI=1S/C25H20F2N2O2/c1-3-16-6-10-18(11-7-16)28-23-22(17-8-4-15(2)5-9-17)24(30)29(25(23)31)19-12-13-20(26)21(27)14-19/h4-14,28H,3H2,1-2H3. The lowest BCUT2D eigenvalue weighted by atomic mass is 10.0. The van der Waals surface area contributed by atoms with Gasteiger partial charge >= 0.3 is 0 Å². The molecule has 3 aromatic carbocycles. The molecule has 4 rings (SSSR count). The van der Waals surface area contributed by atoms with E-state index in [1.54, 1.807) is 12.1 Å². The van der Waals surface area contributed by atoms with Crippen LogP contribution in [-0.2, 0) is 16.0 Å². The van der Waals surface area contributed by atoms with Crippen molar-refractivity contribution in [1.29, 1.82) is 0 Å². The molecule has 2 amide bonds. The number of aryl methyl sites for hydroxylation is 2. The van der Waals surface area contributed by atoms with Crippen LogP contribution in [-0.4, -0.2) is 11.8 Å². The second kappa shape index (κ2) is 8.14. The van der Waals surface area contributed by atoms with Gasteiger partial charge in [0.05, 0.1) is 11.3 Å². The third-order valence-electron chi connectivity index (χ3n) is 5.22. The van der Waals surface area contributed by atoms with Crippen molar-refractivity contribution < 1.29 is 18.4 Å². The Morgan fingerprint density at radius 1 is 0.839 bits per heavy atom. The summed E-state index contributed by atoms with van der Waals surface area (Å²) < 4.78 is 27.2. The number of imide groups is 1. The average Bonchev–Trinajstić information content (AvgIpc) is 3.01. The predicted molar refractivity (Wildman–Crippen MR) is 116 cm³/mol. The molecule has 156 valence electrons. The van der Waals surface area contributed by atoms with Gasteiger partial charge in [0.15, 0.2) is 11.6 Å². The lowest BCUT2D eigenvalue weighted by Gasteiger charge is -2.15. The molecule has 0 atom stereocenters. The zero-order chi connectivity index (χ0) is 22.1. The summed E-state index contributed by atoms with van der Waals surface area (Å²) in [6.07, 6.45) is 0.874. The summed E-state index contributed by atoms with van der Waals surface area (Å²) in [6, 6.07) is 17.7. The van der Waals surface area contributed by atoms with E-state index >= 15 is 0 Å². The highest BCUT2D eigenvalue weighted by Crippen LogP contribution is 2.34. The SMILES string of the molecule is CCc1ccc(NC2=C(c3ccc(C)cc3)C(=O)N(c3ccc(F)c(F)c3)C2=O)cc1. The van der Waals surface area contributed by atoms with E-state index in [1.165, 1.54) is 6.07 Å². The number of amides is 2. The third-order valence-corrected chi connectivity index (χ3v) is 5.22. The number of benzene rings is 3. The van der Waals surface area contributed by atoms with Crippen LogP contribution in [0.2, 0.25) is 0 Å². The minimum Gasteiger partial charge on any atom is -0.350 e. The Morgan fingerprint density at radius 3 is 2.13 bits per heavy atom. The number of carbonyl (C=O) groups excluding carboxylic acids is 2. The number of hydrogen-bond acceptors (Lipinski definition) is 3. The molecule has 0 aromatic heterocycles. The molecule has 0 radical (unpaired) electrons. The molecule has 6 heteroatoms. The van der Waals surface area contributed by atoms with E-state index in [-0.39, 0.29) is 17.0 Å². The Balaban J connectivity index is 1.80. The Labute approximate surface area is 178 Å². The number of hydrogen-bond donors (Lipinski definition) is 1. The Hall–Kier alpha value is -3.80. The van der Waals surface area contributed by atoms with Gasteiger partial charge in [-0.1, -0.05) is 48.9 Å². The van der Waals surface area contributed by atoms with Crippen LogP contribution in [0.3, 0.4) is 0 Å². The molecule has 1 aliphatic rings. The van der Waals surface area contributed by atoms with Crippen molar-refractivity contribution in [3.05, 3.63) is 101 Å². The maximum atomic E-state index is 13.8. The number of halogens is 2. The van der Waals surface area contributed by atoms with E-state index in [9.17, 15) is 18.4 Å². The molecule has 0 spiro atoms. The maximum Gasteiger partial charge on any atom is 0.282 e. The average molecular weight is 418 g/mol. The normalized spacial score (nSPS) is 13.9. The number of anilines is 2. The van der Waals surface area contributed by atoms with Gasteiger partial charge in [0.25, 0.3) is 11.8 Å². The van der Waals surface area contributed by atoms with Gasteiger partial charge in [0.2, 0.25) is 0 Å². The highest BCUT2D eigenvalue weighted by atomic mass is 19.2. The van der Waals surface area contributed by atoms with E-state index in [2.05, 4.69) is 5.32 Å². The first kappa shape index (κ1) is 20.5. The summed E-state index contributed by atoms with van der Waals surface area (Å²) >= 11 is 0. The van der Waals surface area contributed by atoms with Gasteiger partial charge in [-0.05, 0) is 48.7 Å². The molecule has 0 fully saturated rings. The Morgan fingerprint density at radius 2 is 1.52 bits per heavy atom. The van der Waals surface area contributed by atoms with Crippen molar-refractivity contribution in [2.45, 2.75) is 20.3 Å². The number of rotatable bonds is 5. The molecule has 0 bridgehead atoms. The second-order valence-corrected chi connectivity index (χ2v) is 7.34. The fraction of sp³-hybridized carbons (Fsp3) is 0.120. The monoisotopic (exact) mass is 418 g/mol. The van der Waals surface area contributed by atoms with Crippen LogP contribution < -0.4 is 10.2 Å².